The monoisotopic (exact) mass is 206 g/mol. The van der Waals surface area contributed by atoms with Gasteiger partial charge in [0.05, 0.1) is 12.9 Å². The average Bonchev–Trinajstić information content (AvgIpc) is 2.17. The lowest BCUT2D eigenvalue weighted by Gasteiger charge is -2.04. The summed E-state index contributed by atoms with van der Waals surface area (Å²) in [5.74, 6) is 1.54. The van der Waals surface area contributed by atoms with E-state index in [2.05, 4.69) is 4.99 Å². The zero-order valence-electron chi connectivity index (χ0n) is 9.53. The maximum Gasteiger partial charge on any atom is 0.118 e. The molecular weight excluding hydrogens is 188 g/mol. The minimum atomic E-state index is 0.253. The maximum atomic E-state index is 5.80. The maximum absolute atomic E-state index is 5.80. The van der Waals surface area contributed by atoms with E-state index >= 15 is 0 Å². The van der Waals surface area contributed by atoms with Crippen LogP contribution in [0.5, 0.6) is 5.75 Å². The Hall–Kier alpha value is -1.51. The lowest BCUT2D eigenvalue weighted by atomic mass is 10.1. The van der Waals surface area contributed by atoms with E-state index in [1.54, 1.807) is 7.11 Å². The highest BCUT2D eigenvalue weighted by Crippen LogP contribution is 2.11. The summed E-state index contributed by atoms with van der Waals surface area (Å²) in [6.07, 6.45) is 0.697. The van der Waals surface area contributed by atoms with E-state index in [-0.39, 0.29) is 6.04 Å². The van der Waals surface area contributed by atoms with Crippen LogP contribution in [0, 0.1) is 0 Å². The molecule has 0 fully saturated rings. The van der Waals surface area contributed by atoms with Gasteiger partial charge in [0.15, 0.2) is 0 Å². The summed E-state index contributed by atoms with van der Waals surface area (Å²) in [5, 5.41) is 0. The van der Waals surface area contributed by atoms with Crippen LogP contribution < -0.4 is 10.5 Å². The second kappa shape index (κ2) is 5.39. The second-order valence-electron chi connectivity index (χ2n) is 3.74. The molecule has 0 aromatic heterocycles. The number of nitrogens with zero attached hydrogens (tertiary/aromatic N) is 1. The predicted molar refractivity (Wildman–Crippen MR) is 63.5 cm³/mol. The zero-order valence-corrected chi connectivity index (χ0v) is 9.53. The highest BCUT2D eigenvalue weighted by molar-refractivity contribution is 5.82. The van der Waals surface area contributed by atoms with Crippen molar-refractivity contribution in [3.05, 3.63) is 29.8 Å². The molecule has 0 heterocycles. The van der Waals surface area contributed by atoms with Gasteiger partial charge < -0.3 is 10.5 Å². The lowest BCUT2D eigenvalue weighted by molar-refractivity contribution is 0.414. The van der Waals surface area contributed by atoms with Crippen molar-refractivity contribution in [2.45, 2.75) is 26.3 Å². The zero-order chi connectivity index (χ0) is 11.3. The van der Waals surface area contributed by atoms with E-state index in [0.717, 1.165) is 11.3 Å². The summed E-state index contributed by atoms with van der Waals surface area (Å²) in [6.45, 7) is 4.03. The van der Waals surface area contributed by atoms with Gasteiger partial charge in [-0.05, 0) is 31.5 Å². The number of methoxy groups -OCH3 is 1. The van der Waals surface area contributed by atoms with Gasteiger partial charge in [-0.1, -0.05) is 12.1 Å². The summed E-state index contributed by atoms with van der Waals surface area (Å²) in [6, 6.07) is 8.11. The number of benzene rings is 1. The molecule has 2 N–H and O–H groups in total. The Morgan fingerprint density at radius 1 is 1.33 bits per heavy atom. The number of nitrogens with two attached hydrogens (primary N) is 1. The Morgan fingerprint density at radius 2 is 1.93 bits per heavy atom. The van der Waals surface area contributed by atoms with E-state index in [1.807, 2.05) is 38.1 Å². The third kappa shape index (κ3) is 4.02. The highest BCUT2D eigenvalue weighted by Gasteiger charge is 1.98. The molecule has 1 aromatic carbocycles. The predicted octanol–water partition coefficient (Wildman–Crippen LogP) is 2.00. The van der Waals surface area contributed by atoms with Crippen LogP contribution in [-0.4, -0.2) is 19.0 Å². The fraction of sp³-hybridized carbons (Fsp3) is 0.417. The first-order valence-electron chi connectivity index (χ1n) is 5.07. The Bertz CT molecular complexity index is 328. The molecule has 0 saturated heterocycles. The molecule has 1 aromatic rings. The molecule has 0 bridgehead atoms. The Kier molecular flexibility index (Phi) is 4.16. The third-order valence-corrected chi connectivity index (χ3v) is 1.97. The van der Waals surface area contributed by atoms with Gasteiger partial charge in [0.2, 0.25) is 0 Å². The fourth-order valence-electron chi connectivity index (χ4n) is 1.33. The molecule has 3 heteroatoms. The molecule has 0 saturated carbocycles. The summed E-state index contributed by atoms with van der Waals surface area (Å²) >= 11 is 0. The van der Waals surface area contributed by atoms with Crippen molar-refractivity contribution >= 4 is 5.84 Å². The quantitative estimate of drug-likeness (QED) is 0.605. The van der Waals surface area contributed by atoms with Crippen LogP contribution in [0.15, 0.2) is 29.3 Å². The van der Waals surface area contributed by atoms with Crippen LogP contribution in [-0.2, 0) is 6.42 Å². The van der Waals surface area contributed by atoms with Crippen LogP contribution in [0.4, 0.5) is 0 Å². The molecule has 0 aliphatic rings. The Morgan fingerprint density at radius 3 is 2.40 bits per heavy atom. The standard InChI is InChI=1S/C12H18N2O/c1-9(2)14-12(13)8-10-4-6-11(15-3)7-5-10/h4-7,9H,8H2,1-3H3,(H2,13,14). The number of amidine groups is 1. The van der Waals surface area contributed by atoms with E-state index in [4.69, 9.17) is 10.5 Å². The summed E-state index contributed by atoms with van der Waals surface area (Å²) in [7, 11) is 1.66. The largest absolute Gasteiger partial charge is 0.497 e. The van der Waals surface area contributed by atoms with Gasteiger partial charge in [0, 0.05) is 12.5 Å². The van der Waals surface area contributed by atoms with Crippen LogP contribution in [0.25, 0.3) is 0 Å². The van der Waals surface area contributed by atoms with Crippen LogP contribution >= 0.6 is 0 Å². The number of hydrogen-bond donors (Lipinski definition) is 1. The second-order valence-corrected chi connectivity index (χ2v) is 3.74. The smallest absolute Gasteiger partial charge is 0.118 e. The van der Waals surface area contributed by atoms with E-state index in [1.165, 1.54) is 0 Å². The molecular formula is C12H18N2O. The summed E-state index contributed by atoms with van der Waals surface area (Å²) in [4.78, 5) is 4.28. The molecule has 3 nitrogen and oxygen atoms in total. The van der Waals surface area contributed by atoms with Gasteiger partial charge in [-0.15, -0.1) is 0 Å². The van der Waals surface area contributed by atoms with Gasteiger partial charge >= 0.3 is 0 Å². The van der Waals surface area contributed by atoms with Gasteiger partial charge in [-0.25, -0.2) is 0 Å². The first-order chi connectivity index (χ1) is 7.11. The fourth-order valence-corrected chi connectivity index (χ4v) is 1.33. The van der Waals surface area contributed by atoms with E-state index in [0.29, 0.717) is 12.3 Å². The number of ether oxygens (including phenoxy) is 1. The summed E-state index contributed by atoms with van der Waals surface area (Å²) in [5.41, 5.74) is 6.95. The van der Waals surface area contributed by atoms with E-state index < -0.39 is 0 Å². The molecule has 0 aliphatic carbocycles. The van der Waals surface area contributed by atoms with Crippen LogP contribution in [0.2, 0.25) is 0 Å². The van der Waals surface area contributed by atoms with Crippen molar-refractivity contribution in [1.29, 1.82) is 0 Å². The normalized spacial score (nSPS) is 11.9. The average molecular weight is 206 g/mol. The number of rotatable bonds is 4. The molecule has 0 radical (unpaired) electrons. The molecule has 0 atom stereocenters. The van der Waals surface area contributed by atoms with Crippen molar-refractivity contribution in [3.63, 3.8) is 0 Å². The number of aliphatic imine (C=N–C) groups is 1. The van der Waals surface area contributed by atoms with Crippen molar-refractivity contribution in [2.75, 3.05) is 7.11 Å². The third-order valence-electron chi connectivity index (χ3n) is 1.97. The minimum Gasteiger partial charge on any atom is -0.497 e. The Balaban J connectivity index is 2.65. The molecule has 0 amide bonds. The first-order valence-corrected chi connectivity index (χ1v) is 5.07. The summed E-state index contributed by atoms with van der Waals surface area (Å²) < 4.78 is 5.08. The van der Waals surface area contributed by atoms with Crippen LogP contribution in [0.3, 0.4) is 0 Å². The molecule has 1 rings (SSSR count). The SMILES string of the molecule is COc1ccc(CC(N)=NC(C)C)cc1. The molecule has 15 heavy (non-hydrogen) atoms. The van der Waals surface area contributed by atoms with Crippen molar-refractivity contribution in [2.24, 2.45) is 10.7 Å². The number of hydrogen-bond acceptors (Lipinski definition) is 2. The highest BCUT2D eigenvalue weighted by atomic mass is 16.5. The Labute approximate surface area is 91.0 Å². The molecule has 0 spiro atoms. The van der Waals surface area contributed by atoms with Crippen molar-refractivity contribution in [1.82, 2.24) is 0 Å². The molecule has 82 valence electrons. The van der Waals surface area contributed by atoms with Crippen molar-refractivity contribution in [3.8, 4) is 5.75 Å². The van der Waals surface area contributed by atoms with Gasteiger partial charge in [-0.3, -0.25) is 4.99 Å². The van der Waals surface area contributed by atoms with Crippen LogP contribution in [0.1, 0.15) is 19.4 Å². The topological polar surface area (TPSA) is 47.6 Å². The van der Waals surface area contributed by atoms with E-state index in [9.17, 15) is 0 Å². The lowest BCUT2D eigenvalue weighted by Crippen LogP contribution is -2.17. The van der Waals surface area contributed by atoms with Gasteiger partial charge in [0.25, 0.3) is 0 Å². The minimum absolute atomic E-state index is 0.253. The van der Waals surface area contributed by atoms with Gasteiger partial charge in [0.1, 0.15) is 5.75 Å². The van der Waals surface area contributed by atoms with Gasteiger partial charge in [-0.2, -0.15) is 0 Å². The first kappa shape index (κ1) is 11.6. The molecule has 0 unspecified atom stereocenters. The van der Waals surface area contributed by atoms with Crippen molar-refractivity contribution < 1.29 is 4.74 Å². The molecule has 0 aliphatic heterocycles.